The molecule has 0 radical (unpaired) electrons. The first-order valence-corrected chi connectivity index (χ1v) is 11.1. The van der Waals surface area contributed by atoms with E-state index in [1.165, 1.54) is 11.1 Å². The Kier molecular flexibility index (Phi) is 11.9. The summed E-state index contributed by atoms with van der Waals surface area (Å²) in [6.45, 7) is 4.71. The molecule has 1 aromatic heterocycles. The number of hydrogen-bond donors (Lipinski definition) is 2. The molecule has 0 bridgehead atoms. The molecule has 7 nitrogen and oxygen atoms in total. The standard InChI is InChI=1S/C25H34N6O.HI/c1-20-29-30-24(31(20)2)19-28-25(26-16-10-18-32-3)27-17-15-23(21-11-6-4-7-12-21)22-13-8-5-9-14-22;/h4-9,11-14,23H,10,15-19H2,1-3H3,(H2,26,27,28);1H. The minimum atomic E-state index is 0. The lowest BCUT2D eigenvalue weighted by Gasteiger charge is -2.19. The number of aryl methyl sites for hydroxylation is 1. The Morgan fingerprint density at radius 2 is 1.58 bits per heavy atom. The van der Waals surface area contributed by atoms with Crippen molar-refractivity contribution < 1.29 is 4.74 Å². The van der Waals surface area contributed by atoms with Gasteiger partial charge in [-0.15, -0.1) is 34.2 Å². The zero-order valence-corrected chi connectivity index (χ0v) is 22.0. The molecule has 0 amide bonds. The summed E-state index contributed by atoms with van der Waals surface area (Å²) in [5.74, 6) is 2.82. The van der Waals surface area contributed by atoms with Crippen molar-refractivity contribution >= 4 is 29.9 Å². The Morgan fingerprint density at radius 3 is 2.12 bits per heavy atom. The zero-order valence-electron chi connectivity index (χ0n) is 19.7. The normalized spacial score (nSPS) is 11.3. The van der Waals surface area contributed by atoms with Crippen LogP contribution in [-0.2, 0) is 18.3 Å². The van der Waals surface area contributed by atoms with Crippen LogP contribution in [0.5, 0.6) is 0 Å². The number of nitrogens with zero attached hydrogens (tertiary/aromatic N) is 4. The second-order valence-corrected chi connectivity index (χ2v) is 7.75. The highest BCUT2D eigenvalue weighted by Crippen LogP contribution is 2.27. The largest absolute Gasteiger partial charge is 0.385 e. The molecule has 0 saturated heterocycles. The third-order valence-corrected chi connectivity index (χ3v) is 5.51. The number of rotatable bonds is 11. The van der Waals surface area contributed by atoms with Crippen molar-refractivity contribution in [2.75, 3.05) is 26.8 Å². The van der Waals surface area contributed by atoms with Crippen LogP contribution in [0.4, 0.5) is 0 Å². The van der Waals surface area contributed by atoms with Crippen LogP contribution in [0.25, 0.3) is 0 Å². The number of aromatic nitrogens is 3. The van der Waals surface area contributed by atoms with Gasteiger partial charge in [0.1, 0.15) is 12.4 Å². The van der Waals surface area contributed by atoms with Gasteiger partial charge >= 0.3 is 0 Å². The summed E-state index contributed by atoms with van der Waals surface area (Å²) < 4.78 is 7.13. The van der Waals surface area contributed by atoms with Gasteiger partial charge in [-0.2, -0.15) is 0 Å². The highest BCUT2D eigenvalue weighted by molar-refractivity contribution is 14.0. The maximum atomic E-state index is 5.16. The van der Waals surface area contributed by atoms with Crippen LogP contribution >= 0.6 is 24.0 Å². The van der Waals surface area contributed by atoms with Crippen molar-refractivity contribution in [2.24, 2.45) is 12.0 Å². The van der Waals surface area contributed by atoms with E-state index in [1.807, 2.05) is 18.5 Å². The molecule has 0 aliphatic carbocycles. The Morgan fingerprint density at radius 1 is 0.970 bits per heavy atom. The van der Waals surface area contributed by atoms with Gasteiger partial charge in [-0.1, -0.05) is 60.7 Å². The molecule has 33 heavy (non-hydrogen) atoms. The second-order valence-electron chi connectivity index (χ2n) is 7.75. The van der Waals surface area contributed by atoms with Gasteiger partial charge < -0.3 is 19.9 Å². The summed E-state index contributed by atoms with van der Waals surface area (Å²) in [5, 5.41) is 15.2. The summed E-state index contributed by atoms with van der Waals surface area (Å²) >= 11 is 0. The molecule has 0 atom stereocenters. The van der Waals surface area contributed by atoms with E-state index in [0.717, 1.165) is 43.5 Å². The molecule has 0 fully saturated rings. The minimum Gasteiger partial charge on any atom is -0.385 e. The fraction of sp³-hybridized carbons (Fsp3) is 0.400. The summed E-state index contributed by atoms with van der Waals surface area (Å²) in [5.41, 5.74) is 2.64. The molecule has 8 heteroatoms. The van der Waals surface area contributed by atoms with Crippen LogP contribution in [0, 0.1) is 6.92 Å². The van der Waals surface area contributed by atoms with Crippen LogP contribution < -0.4 is 10.6 Å². The number of methoxy groups -OCH3 is 1. The van der Waals surface area contributed by atoms with E-state index >= 15 is 0 Å². The summed E-state index contributed by atoms with van der Waals surface area (Å²) in [7, 11) is 3.68. The van der Waals surface area contributed by atoms with Gasteiger partial charge in [0.15, 0.2) is 11.8 Å². The molecule has 0 spiro atoms. The first-order valence-electron chi connectivity index (χ1n) is 11.1. The molecule has 2 N–H and O–H groups in total. The van der Waals surface area contributed by atoms with Crippen molar-refractivity contribution in [2.45, 2.75) is 32.2 Å². The van der Waals surface area contributed by atoms with Gasteiger partial charge in [-0.3, -0.25) is 0 Å². The smallest absolute Gasteiger partial charge is 0.191 e. The number of ether oxygens (including phenoxy) is 1. The van der Waals surface area contributed by atoms with Crippen molar-refractivity contribution in [3.8, 4) is 0 Å². The highest BCUT2D eigenvalue weighted by Gasteiger charge is 2.14. The molecule has 3 aromatic rings. The average Bonchev–Trinajstić information content (AvgIpc) is 3.15. The predicted molar refractivity (Wildman–Crippen MR) is 144 cm³/mol. The van der Waals surface area contributed by atoms with Gasteiger partial charge in [0.25, 0.3) is 0 Å². The van der Waals surface area contributed by atoms with Crippen molar-refractivity contribution in [1.82, 2.24) is 25.4 Å². The molecule has 2 aromatic carbocycles. The minimum absolute atomic E-state index is 0. The van der Waals surface area contributed by atoms with Crippen molar-refractivity contribution in [3.05, 3.63) is 83.4 Å². The van der Waals surface area contributed by atoms with E-state index in [9.17, 15) is 0 Å². The topological polar surface area (TPSA) is 76.4 Å². The number of halogens is 1. The van der Waals surface area contributed by atoms with Crippen LogP contribution in [0.15, 0.2) is 65.7 Å². The second kappa shape index (κ2) is 14.6. The van der Waals surface area contributed by atoms with Gasteiger partial charge in [0.2, 0.25) is 0 Å². The molecule has 3 rings (SSSR count). The monoisotopic (exact) mass is 562 g/mol. The van der Waals surface area contributed by atoms with Gasteiger partial charge in [0.05, 0.1) is 0 Å². The number of nitrogens with one attached hydrogen (secondary N) is 2. The zero-order chi connectivity index (χ0) is 22.6. The molecular formula is C25H35IN6O. The SMILES string of the molecule is COCCCNC(=NCc1nnc(C)n1C)NCCC(c1ccccc1)c1ccccc1.I. The van der Waals surface area contributed by atoms with E-state index in [0.29, 0.717) is 19.1 Å². The summed E-state index contributed by atoms with van der Waals surface area (Å²) in [4.78, 5) is 4.74. The van der Waals surface area contributed by atoms with E-state index in [1.54, 1.807) is 7.11 Å². The molecule has 0 saturated carbocycles. The Labute approximate surface area is 214 Å². The van der Waals surface area contributed by atoms with E-state index in [4.69, 9.17) is 9.73 Å². The molecule has 0 unspecified atom stereocenters. The lowest BCUT2D eigenvalue weighted by atomic mass is 9.88. The third-order valence-electron chi connectivity index (χ3n) is 5.51. The first-order chi connectivity index (χ1) is 15.7. The van der Waals surface area contributed by atoms with Crippen LogP contribution in [0.2, 0.25) is 0 Å². The maximum Gasteiger partial charge on any atom is 0.191 e. The molecule has 0 aliphatic rings. The van der Waals surface area contributed by atoms with Crippen LogP contribution in [0.1, 0.15) is 41.5 Å². The number of guanidine groups is 1. The first kappa shape index (κ1) is 26.8. The third kappa shape index (κ3) is 8.43. The Bertz CT molecular complexity index is 922. The number of aliphatic imine (C=N–C) groups is 1. The maximum absolute atomic E-state index is 5.16. The van der Waals surface area contributed by atoms with Gasteiger partial charge in [0, 0.05) is 39.8 Å². The molecular weight excluding hydrogens is 527 g/mol. The van der Waals surface area contributed by atoms with E-state index in [2.05, 4.69) is 81.5 Å². The summed E-state index contributed by atoms with van der Waals surface area (Å²) in [6, 6.07) is 21.3. The predicted octanol–water partition coefficient (Wildman–Crippen LogP) is 4.04. The fourth-order valence-corrected chi connectivity index (χ4v) is 3.57. The Hall–Kier alpha value is -2.46. The average molecular weight is 563 g/mol. The van der Waals surface area contributed by atoms with Crippen molar-refractivity contribution in [3.63, 3.8) is 0 Å². The molecule has 0 aliphatic heterocycles. The molecule has 1 heterocycles. The lowest BCUT2D eigenvalue weighted by Crippen LogP contribution is -2.39. The highest BCUT2D eigenvalue weighted by atomic mass is 127. The fourth-order valence-electron chi connectivity index (χ4n) is 3.57. The van der Waals surface area contributed by atoms with Crippen LogP contribution in [-0.4, -0.2) is 47.5 Å². The molecule has 178 valence electrons. The van der Waals surface area contributed by atoms with Gasteiger partial charge in [-0.05, 0) is 30.9 Å². The van der Waals surface area contributed by atoms with Gasteiger partial charge in [-0.25, -0.2) is 4.99 Å². The van der Waals surface area contributed by atoms with E-state index in [-0.39, 0.29) is 24.0 Å². The quantitative estimate of drug-likeness (QED) is 0.160. The van der Waals surface area contributed by atoms with Crippen molar-refractivity contribution in [1.29, 1.82) is 0 Å². The summed E-state index contributed by atoms with van der Waals surface area (Å²) in [6.07, 6.45) is 1.87. The van der Waals surface area contributed by atoms with Crippen LogP contribution in [0.3, 0.4) is 0 Å². The number of benzene rings is 2. The van der Waals surface area contributed by atoms with E-state index < -0.39 is 0 Å². The number of hydrogen-bond acceptors (Lipinski definition) is 4. The lowest BCUT2D eigenvalue weighted by molar-refractivity contribution is 0.195. The Balaban J connectivity index is 0.00000385.